The molecule has 1 amide bonds. The number of nitrogens with one attached hydrogen (secondary N) is 2. The third-order valence-electron chi connectivity index (χ3n) is 4.55. The molecule has 1 aromatic heterocycles. The van der Waals surface area contributed by atoms with Gasteiger partial charge in [0.1, 0.15) is 11.5 Å². The predicted molar refractivity (Wildman–Crippen MR) is 115 cm³/mol. The molecule has 29 heavy (non-hydrogen) atoms. The van der Waals surface area contributed by atoms with E-state index >= 15 is 0 Å². The van der Waals surface area contributed by atoms with Crippen LogP contribution >= 0.6 is 24.0 Å². The number of rotatable bonds is 5. The number of piperidine rings is 1. The van der Waals surface area contributed by atoms with Gasteiger partial charge < -0.3 is 4.90 Å². The first-order valence-electron chi connectivity index (χ1n) is 9.02. The molecule has 12 heteroatoms. The third kappa shape index (κ3) is 4.82. The molecule has 1 aliphatic rings. The van der Waals surface area contributed by atoms with Crippen molar-refractivity contribution in [2.75, 3.05) is 29.7 Å². The fourth-order valence-electron chi connectivity index (χ4n) is 3.12. The Bertz CT molecular complexity index is 941. The maximum atomic E-state index is 12.6. The molecule has 154 valence electrons. The van der Waals surface area contributed by atoms with Gasteiger partial charge in [-0.15, -0.1) is 10.2 Å². The summed E-state index contributed by atoms with van der Waals surface area (Å²) in [6.07, 6.45) is 4.96. The highest BCUT2D eigenvalue weighted by Crippen LogP contribution is 2.31. The van der Waals surface area contributed by atoms with Gasteiger partial charge in [0, 0.05) is 24.7 Å². The van der Waals surface area contributed by atoms with E-state index in [0.29, 0.717) is 16.7 Å². The Morgan fingerprint density at radius 2 is 2.00 bits per heavy atom. The van der Waals surface area contributed by atoms with Crippen molar-refractivity contribution in [3.05, 3.63) is 39.7 Å². The number of aromatic nitrogens is 3. The van der Waals surface area contributed by atoms with E-state index in [4.69, 9.17) is 12.2 Å². The number of nitro benzene ring substituents is 1. The third-order valence-corrected chi connectivity index (χ3v) is 5.37. The van der Waals surface area contributed by atoms with Gasteiger partial charge >= 0.3 is 0 Å². The lowest BCUT2D eigenvalue weighted by Gasteiger charge is -2.28. The highest BCUT2D eigenvalue weighted by Gasteiger charge is 2.23. The Labute approximate surface area is 177 Å². The van der Waals surface area contributed by atoms with Crippen molar-refractivity contribution in [1.29, 1.82) is 0 Å². The Kier molecular flexibility index (Phi) is 6.64. The van der Waals surface area contributed by atoms with E-state index in [9.17, 15) is 14.9 Å². The van der Waals surface area contributed by atoms with Gasteiger partial charge in [0.05, 0.1) is 4.92 Å². The van der Waals surface area contributed by atoms with Crippen LogP contribution in [-0.2, 0) is 0 Å². The lowest BCUT2D eigenvalue weighted by Crippen LogP contribution is -2.38. The molecule has 10 nitrogen and oxygen atoms in total. The van der Waals surface area contributed by atoms with E-state index in [2.05, 4.69) is 20.9 Å². The topological polar surface area (TPSA) is 118 Å². The zero-order valence-corrected chi connectivity index (χ0v) is 17.7. The number of amides is 1. The quantitative estimate of drug-likeness (QED) is 0.316. The minimum Gasteiger partial charge on any atom is -0.366 e. The maximum absolute atomic E-state index is 12.6. The van der Waals surface area contributed by atoms with Crippen molar-refractivity contribution < 1.29 is 9.72 Å². The summed E-state index contributed by atoms with van der Waals surface area (Å²) in [5, 5.41) is 22.6. The standard InChI is InChI=1S/C17H21N7O3S2/c1-11-19-20-17(29-2)23(11)21-16(28)18-15(25)12-6-7-13(14(10-12)24(26)27)22-8-4-3-5-9-22/h6-7,10H,3-5,8-9H2,1-2H3,(H2,18,21,25,28). The second kappa shape index (κ2) is 9.18. The van der Waals surface area contributed by atoms with Crippen molar-refractivity contribution in [1.82, 2.24) is 20.2 Å². The second-order valence-electron chi connectivity index (χ2n) is 6.47. The summed E-state index contributed by atoms with van der Waals surface area (Å²) < 4.78 is 1.55. The van der Waals surface area contributed by atoms with E-state index in [1.165, 1.54) is 17.8 Å². The van der Waals surface area contributed by atoms with Crippen molar-refractivity contribution in [2.24, 2.45) is 0 Å². The molecule has 1 fully saturated rings. The first-order chi connectivity index (χ1) is 13.9. The summed E-state index contributed by atoms with van der Waals surface area (Å²) in [4.78, 5) is 25.7. The first-order valence-corrected chi connectivity index (χ1v) is 10.7. The summed E-state index contributed by atoms with van der Waals surface area (Å²) >= 11 is 6.56. The van der Waals surface area contributed by atoms with Crippen molar-refractivity contribution in [3.63, 3.8) is 0 Å². The number of carbonyl (C=O) groups is 1. The average molecular weight is 436 g/mol. The van der Waals surface area contributed by atoms with Crippen molar-refractivity contribution >= 4 is 46.4 Å². The fourth-order valence-corrected chi connectivity index (χ4v) is 3.79. The molecule has 2 heterocycles. The van der Waals surface area contributed by atoms with Crippen LogP contribution < -0.4 is 15.6 Å². The number of carbonyl (C=O) groups excluding carboxylic acids is 1. The summed E-state index contributed by atoms with van der Waals surface area (Å²) in [5.74, 6) is 0.0414. The monoisotopic (exact) mass is 435 g/mol. The van der Waals surface area contributed by atoms with Gasteiger partial charge in [-0.3, -0.25) is 25.7 Å². The smallest absolute Gasteiger partial charge is 0.293 e. The van der Waals surface area contributed by atoms with Gasteiger partial charge in [0.2, 0.25) is 5.16 Å². The number of hydrogen-bond donors (Lipinski definition) is 2. The fraction of sp³-hybridized carbons (Fsp3) is 0.412. The van der Waals surface area contributed by atoms with Crippen LogP contribution in [0.15, 0.2) is 23.4 Å². The zero-order chi connectivity index (χ0) is 21.0. The molecule has 0 spiro atoms. The van der Waals surface area contributed by atoms with Crippen LogP contribution in [0, 0.1) is 17.0 Å². The molecule has 0 atom stereocenters. The van der Waals surface area contributed by atoms with Crippen LogP contribution in [0.2, 0.25) is 0 Å². The first kappa shape index (κ1) is 21.0. The Morgan fingerprint density at radius 3 is 2.66 bits per heavy atom. The Balaban J connectivity index is 1.74. The van der Waals surface area contributed by atoms with E-state index in [-0.39, 0.29) is 16.4 Å². The lowest BCUT2D eigenvalue weighted by atomic mass is 10.1. The Hall–Kier alpha value is -2.73. The summed E-state index contributed by atoms with van der Waals surface area (Å²) in [5.41, 5.74) is 3.45. The van der Waals surface area contributed by atoms with E-state index < -0.39 is 10.8 Å². The molecule has 3 rings (SSSR count). The van der Waals surface area contributed by atoms with Crippen LogP contribution in [-0.4, -0.2) is 50.2 Å². The van der Waals surface area contributed by atoms with Crippen LogP contribution in [0.25, 0.3) is 0 Å². The van der Waals surface area contributed by atoms with Gasteiger partial charge in [0.25, 0.3) is 11.6 Å². The van der Waals surface area contributed by atoms with E-state index in [1.807, 2.05) is 11.2 Å². The van der Waals surface area contributed by atoms with Crippen LogP contribution in [0.3, 0.4) is 0 Å². The maximum Gasteiger partial charge on any atom is 0.293 e. The molecular formula is C17H21N7O3S2. The summed E-state index contributed by atoms with van der Waals surface area (Å²) in [7, 11) is 0. The number of aryl methyl sites for hydroxylation is 1. The number of nitrogens with zero attached hydrogens (tertiary/aromatic N) is 5. The molecule has 0 radical (unpaired) electrons. The van der Waals surface area contributed by atoms with Gasteiger partial charge in [0.15, 0.2) is 5.11 Å². The molecule has 2 aromatic rings. The molecule has 0 unspecified atom stereocenters. The average Bonchev–Trinajstić information content (AvgIpc) is 3.07. The van der Waals surface area contributed by atoms with Crippen LogP contribution in [0.4, 0.5) is 11.4 Å². The Morgan fingerprint density at radius 1 is 1.28 bits per heavy atom. The SMILES string of the molecule is CSc1nnc(C)n1NC(=S)NC(=O)c1ccc(N2CCCCC2)c([N+](=O)[O-])c1. The molecule has 0 saturated carbocycles. The molecule has 1 saturated heterocycles. The van der Waals surface area contributed by atoms with Gasteiger partial charge in [-0.2, -0.15) is 0 Å². The van der Waals surface area contributed by atoms with Crippen LogP contribution in [0.1, 0.15) is 35.4 Å². The molecule has 0 bridgehead atoms. The number of thiocarbonyl (C=S) groups is 1. The largest absolute Gasteiger partial charge is 0.366 e. The zero-order valence-electron chi connectivity index (χ0n) is 16.0. The van der Waals surface area contributed by atoms with E-state index in [0.717, 1.165) is 32.4 Å². The number of anilines is 1. The highest BCUT2D eigenvalue weighted by atomic mass is 32.2. The summed E-state index contributed by atoms with van der Waals surface area (Å²) in [6, 6.07) is 4.50. The van der Waals surface area contributed by atoms with E-state index in [1.54, 1.807) is 23.7 Å². The van der Waals surface area contributed by atoms with Gasteiger partial charge in [-0.05, 0) is 56.8 Å². The second-order valence-corrected chi connectivity index (χ2v) is 7.65. The van der Waals surface area contributed by atoms with Gasteiger partial charge in [-0.1, -0.05) is 11.8 Å². The number of nitro groups is 1. The number of hydrogen-bond acceptors (Lipinski definition) is 8. The summed E-state index contributed by atoms with van der Waals surface area (Å²) in [6.45, 7) is 3.29. The molecule has 1 aliphatic heterocycles. The molecular weight excluding hydrogens is 414 g/mol. The lowest BCUT2D eigenvalue weighted by molar-refractivity contribution is -0.384. The predicted octanol–water partition coefficient (Wildman–Crippen LogP) is 2.47. The molecule has 2 N–H and O–H groups in total. The number of thioether (sulfide) groups is 1. The van der Waals surface area contributed by atoms with Crippen molar-refractivity contribution in [3.8, 4) is 0 Å². The molecule has 0 aliphatic carbocycles. The minimum absolute atomic E-state index is 0.0379. The number of benzene rings is 1. The minimum atomic E-state index is -0.535. The van der Waals surface area contributed by atoms with Gasteiger partial charge in [-0.25, -0.2) is 4.68 Å². The highest BCUT2D eigenvalue weighted by molar-refractivity contribution is 7.98. The van der Waals surface area contributed by atoms with Crippen LogP contribution in [0.5, 0.6) is 0 Å². The normalized spacial score (nSPS) is 13.8. The van der Waals surface area contributed by atoms with Crippen molar-refractivity contribution in [2.45, 2.75) is 31.3 Å². The molecule has 1 aromatic carbocycles.